The molecule has 148 valence electrons. The highest BCUT2D eigenvalue weighted by atomic mass is 16.2. The van der Waals surface area contributed by atoms with Crippen molar-refractivity contribution in [3.05, 3.63) is 24.3 Å². The lowest BCUT2D eigenvalue weighted by molar-refractivity contribution is -0.129. The molecule has 28 heavy (non-hydrogen) atoms. The van der Waals surface area contributed by atoms with Crippen LogP contribution in [-0.2, 0) is 18.4 Å². The average molecular weight is 381 g/mol. The Balaban J connectivity index is 1.66. The zero-order chi connectivity index (χ0) is 19.8. The number of nitrogens with zero attached hydrogens (tertiary/aromatic N) is 6. The third-order valence-electron chi connectivity index (χ3n) is 5.66. The first-order chi connectivity index (χ1) is 13.5. The second-order valence-electron chi connectivity index (χ2n) is 7.31. The summed E-state index contributed by atoms with van der Waals surface area (Å²) in [4.78, 5) is 27.6. The van der Waals surface area contributed by atoms with Gasteiger partial charge in [-0.25, -0.2) is 15.0 Å². The topological polar surface area (TPSA) is 80.9 Å². The van der Waals surface area contributed by atoms with Crippen LogP contribution >= 0.6 is 0 Å². The standard InChI is InChI=1S/C20H27N7O/c1-5-16(28)27-9-7-14(11-27)23-18-17-20(22-12-21-18)25(4)19(24-17)15-8-10-26(6-2)13(15)3/h8,10,12,14H,5-7,9,11H2,1-4H3,(H,21,22,23)/t14-/m0/s1. The van der Waals surface area contributed by atoms with E-state index in [2.05, 4.69) is 46.0 Å². The van der Waals surface area contributed by atoms with E-state index in [0.29, 0.717) is 13.0 Å². The highest BCUT2D eigenvalue weighted by Crippen LogP contribution is 2.29. The molecule has 3 aromatic heterocycles. The SMILES string of the molecule is CCC(=O)N1CC[C@H](Nc2ncnc3c2nc(-c2ccn(CC)c2C)n3C)C1. The number of hydrogen-bond acceptors (Lipinski definition) is 5. The highest BCUT2D eigenvalue weighted by molar-refractivity contribution is 5.86. The molecule has 0 aliphatic carbocycles. The maximum Gasteiger partial charge on any atom is 0.222 e. The number of likely N-dealkylation sites (tertiary alicyclic amines) is 1. The average Bonchev–Trinajstić information content (AvgIpc) is 3.40. The number of carbonyl (C=O) groups is 1. The molecular weight excluding hydrogens is 354 g/mol. The number of aromatic nitrogens is 5. The van der Waals surface area contributed by atoms with Crippen molar-refractivity contribution in [2.75, 3.05) is 18.4 Å². The van der Waals surface area contributed by atoms with Gasteiger partial charge in [-0.15, -0.1) is 0 Å². The van der Waals surface area contributed by atoms with Crippen molar-refractivity contribution in [1.29, 1.82) is 0 Å². The minimum absolute atomic E-state index is 0.182. The van der Waals surface area contributed by atoms with Crippen LogP contribution in [0.15, 0.2) is 18.6 Å². The molecular formula is C20H27N7O. The molecule has 8 heteroatoms. The first-order valence-corrected chi connectivity index (χ1v) is 9.91. The van der Waals surface area contributed by atoms with Crippen molar-refractivity contribution in [2.24, 2.45) is 7.05 Å². The Morgan fingerprint density at radius 2 is 2.14 bits per heavy atom. The van der Waals surface area contributed by atoms with Gasteiger partial charge < -0.3 is 19.4 Å². The second-order valence-corrected chi connectivity index (χ2v) is 7.31. The molecule has 4 rings (SSSR count). The third-order valence-corrected chi connectivity index (χ3v) is 5.66. The molecule has 0 radical (unpaired) electrons. The molecule has 0 unspecified atom stereocenters. The predicted molar refractivity (Wildman–Crippen MR) is 109 cm³/mol. The van der Waals surface area contributed by atoms with Crippen LogP contribution in [0.1, 0.15) is 32.4 Å². The summed E-state index contributed by atoms with van der Waals surface area (Å²) in [6.07, 6.45) is 5.12. The first kappa shape index (κ1) is 18.5. The number of fused-ring (bicyclic) bond motifs is 1. The lowest BCUT2D eigenvalue weighted by Crippen LogP contribution is -2.31. The number of aryl methyl sites for hydroxylation is 2. The fourth-order valence-corrected chi connectivity index (χ4v) is 4.00. The van der Waals surface area contributed by atoms with Crippen LogP contribution in [0.4, 0.5) is 5.82 Å². The summed E-state index contributed by atoms with van der Waals surface area (Å²) in [5.74, 6) is 1.82. The van der Waals surface area contributed by atoms with Crippen LogP contribution in [0.5, 0.6) is 0 Å². The number of carbonyl (C=O) groups excluding carboxylic acids is 1. The van der Waals surface area contributed by atoms with E-state index in [9.17, 15) is 4.79 Å². The normalized spacial score (nSPS) is 16.9. The van der Waals surface area contributed by atoms with Crippen LogP contribution in [0.3, 0.4) is 0 Å². The molecule has 1 atom stereocenters. The summed E-state index contributed by atoms with van der Waals surface area (Å²) in [7, 11) is 1.99. The van der Waals surface area contributed by atoms with Gasteiger partial charge in [0.1, 0.15) is 12.2 Å². The van der Waals surface area contributed by atoms with Gasteiger partial charge >= 0.3 is 0 Å². The zero-order valence-electron chi connectivity index (χ0n) is 16.9. The number of anilines is 1. The largest absolute Gasteiger partial charge is 0.364 e. The van der Waals surface area contributed by atoms with Gasteiger partial charge in [0.15, 0.2) is 17.0 Å². The first-order valence-electron chi connectivity index (χ1n) is 9.91. The van der Waals surface area contributed by atoms with Crippen molar-refractivity contribution in [2.45, 2.75) is 46.2 Å². The lowest BCUT2D eigenvalue weighted by atomic mass is 10.2. The molecule has 1 fully saturated rings. The van der Waals surface area contributed by atoms with Crippen LogP contribution in [0.2, 0.25) is 0 Å². The van der Waals surface area contributed by atoms with Gasteiger partial charge in [0.2, 0.25) is 5.91 Å². The molecule has 0 aromatic carbocycles. The Morgan fingerprint density at radius 3 is 2.86 bits per heavy atom. The summed E-state index contributed by atoms with van der Waals surface area (Å²) in [6.45, 7) is 8.57. The van der Waals surface area contributed by atoms with Gasteiger partial charge in [-0.3, -0.25) is 4.79 Å². The van der Waals surface area contributed by atoms with Gasteiger partial charge in [-0.05, 0) is 26.3 Å². The van der Waals surface area contributed by atoms with E-state index in [-0.39, 0.29) is 11.9 Å². The molecule has 1 aliphatic rings. The maximum absolute atomic E-state index is 11.9. The fourth-order valence-electron chi connectivity index (χ4n) is 4.00. The number of imidazole rings is 1. The van der Waals surface area contributed by atoms with Gasteiger partial charge in [0.05, 0.1) is 0 Å². The summed E-state index contributed by atoms with van der Waals surface area (Å²) < 4.78 is 4.23. The molecule has 8 nitrogen and oxygen atoms in total. The van der Waals surface area contributed by atoms with Gasteiger partial charge in [0, 0.05) is 56.6 Å². The Labute approximate surface area is 164 Å². The van der Waals surface area contributed by atoms with Crippen LogP contribution in [0, 0.1) is 6.92 Å². The Morgan fingerprint density at radius 1 is 1.32 bits per heavy atom. The summed E-state index contributed by atoms with van der Waals surface area (Å²) in [5, 5.41) is 3.49. The van der Waals surface area contributed by atoms with Crippen molar-refractivity contribution in [1.82, 2.24) is 29.0 Å². The molecule has 1 amide bonds. The Kier molecular flexibility index (Phi) is 4.78. The number of hydrogen-bond donors (Lipinski definition) is 1. The van der Waals surface area contributed by atoms with E-state index < -0.39 is 0 Å². The quantitative estimate of drug-likeness (QED) is 0.735. The van der Waals surface area contributed by atoms with Crippen LogP contribution in [-0.4, -0.2) is 54.0 Å². The molecule has 1 aliphatic heterocycles. The molecule has 1 N–H and O–H groups in total. The highest BCUT2D eigenvalue weighted by Gasteiger charge is 2.26. The third kappa shape index (κ3) is 3.02. The van der Waals surface area contributed by atoms with E-state index in [0.717, 1.165) is 47.9 Å². The molecule has 0 bridgehead atoms. The zero-order valence-corrected chi connectivity index (χ0v) is 16.9. The summed E-state index contributed by atoms with van der Waals surface area (Å²) in [6, 6.07) is 2.29. The van der Waals surface area contributed by atoms with Crippen molar-refractivity contribution in [3.63, 3.8) is 0 Å². The number of rotatable bonds is 5. The monoisotopic (exact) mass is 381 g/mol. The van der Waals surface area contributed by atoms with Gasteiger partial charge in [0.25, 0.3) is 0 Å². The second kappa shape index (κ2) is 7.26. The number of amides is 1. The van der Waals surface area contributed by atoms with E-state index in [1.54, 1.807) is 6.33 Å². The van der Waals surface area contributed by atoms with E-state index in [1.807, 2.05) is 23.4 Å². The summed E-state index contributed by atoms with van der Waals surface area (Å²) in [5.41, 5.74) is 3.86. The van der Waals surface area contributed by atoms with Crippen molar-refractivity contribution in [3.8, 4) is 11.4 Å². The minimum atomic E-state index is 0.182. The van der Waals surface area contributed by atoms with Gasteiger partial charge in [-0.2, -0.15) is 0 Å². The van der Waals surface area contributed by atoms with Crippen molar-refractivity contribution >= 4 is 22.9 Å². The van der Waals surface area contributed by atoms with Crippen molar-refractivity contribution < 1.29 is 4.79 Å². The Bertz CT molecular complexity index is 1020. The van der Waals surface area contributed by atoms with E-state index in [4.69, 9.17) is 4.98 Å². The van der Waals surface area contributed by atoms with E-state index >= 15 is 0 Å². The minimum Gasteiger partial charge on any atom is -0.364 e. The Hall–Kier alpha value is -2.90. The molecule has 0 spiro atoms. The summed E-state index contributed by atoms with van der Waals surface area (Å²) >= 11 is 0. The predicted octanol–water partition coefficient (Wildman–Crippen LogP) is 2.58. The van der Waals surface area contributed by atoms with Gasteiger partial charge in [-0.1, -0.05) is 6.92 Å². The van der Waals surface area contributed by atoms with Crippen LogP contribution < -0.4 is 5.32 Å². The number of nitrogens with one attached hydrogen (secondary N) is 1. The molecule has 4 heterocycles. The fraction of sp³-hybridized carbons (Fsp3) is 0.500. The smallest absolute Gasteiger partial charge is 0.222 e. The molecule has 0 saturated carbocycles. The van der Waals surface area contributed by atoms with Crippen LogP contribution in [0.25, 0.3) is 22.6 Å². The lowest BCUT2D eigenvalue weighted by Gasteiger charge is -2.16. The van der Waals surface area contributed by atoms with E-state index in [1.165, 1.54) is 5.69 Å². The maximum atomic E-state index is 11.9. The molecule has 3 aromatic rings. The molecule has 1 saturated heterocycles.